The first-order valence-corrected chi connectivity index (χ1v) is 10.0. The molecule has 0 saturated carbocycles. The van der Waals surface area contributed by atoms with Gasteiger partial charge in [0.05, 0.1) is 16.9 Å². The molecule has 4 rings (SSSR count). The van der Waals surface area contributed by atoms with Crippen LogP contribution in [0.2, 0.25) is 0 Å². The zero-order valence-corrected chi connectivity index (χ0v) is 17.9. The van der Waals surface area contributed by atoms with Gasteiger partial charge < -0.3 is 4.74 Å². The number of nitrogens with one attached hydrogen (secondary N) is 1. The van der Waals surface area contributed by atoms with Crippen molar-refractivity contribution in [1.29, 1.82) is 0 Å². The molecule has 0 aliphatic carbocycles. The Hall–Kier alpha value is -3.67. The first-order valence-electron chi connectivity index (χ1n) is 10.0. The van der Waals surface area contributed by atoms with Crippen molar-refractivity contribution in [3.63, 3.8) is 0 Å². The summed E-state index contributed by atoms with van der Waals surface area (Å²) < 4.78 is 21.4. The highest BCUT2D eigenvalue weighted by atomic mass is 19.1. The smallest absolute Gasteiger partial charge is 0.412 e. The van der Waals surface area contributed by atoms with Crippen molar-refractivity contribution in [3.8, 4) is 0 Å². The van der Waals surface area contributed by atoms with E-state index in [2.05, 4.69) is 34.7 Å². The van der Waals surface area contributed by atoms with Crippen LogP contribution in [0.4, 0.5) is 14.9 Å². The maximum absolute atomic E-state index is 14.6. The van der Waals surface area contributed by atoms with Crippen molar-refractivity contribution in [3.05, 3.63) is 71.7 Å². The maximum atomic E-state index is 14.6. The number of carbonyl (C=O) groups excluding carboxylic acids is 1. The highest BCUT2D eigenvalue weighted by Crippen LogP contribution is 2.27. The summed E-state index contributed by atoms with van der Waals surface area (Å²) in [6.07, 6.45) is 3.16. The monoisotopic (exact) mass is 417 g/mol. The Morgan fingerprint density at radius 2 is 1.81 bits per heavy atom. The summed E-state index contributed by atoms with van der Waals surface area (Å²) in [5.41, 5.74) is 1.72. The Kier molecular flexibility index (Phi) is 5.23. The van der Waals surface area contributed by atoms with Gasteiger partial charge in [0.1, 0.15) is 11.4 Å². The molecule has 158 valence electrons. The Morgan fingerprint density at radius 1 is 1.06 bits per heavy atom. The Labute approximate surface area is 180 Å². The number of benzene rings is 3. The minimum absolute atomic E-state index is 0.0510. The first-order chi connectivity index (χ1) is 14.7. The van der Waals surface area contributed by atoms with Crippen molar-refractivity contribution in [2.45, 2.75) is 26.4 Å². The van der Waals surface area contributed by atoms with E-state index in [1.807, 2.05) is 30.4 Å². The van der Waals surface area contributed by atoms with Gasteiger partial charge in [0.25, 0.3) is 0 Å². The summed E-state index contributed by atoms with van der Waals surface area (Å²) in [4.78, 5) is 12.1. The quantitative estimate of drug-likeness (QED) is 0.421. The molecular weight excluding hydrogens is 393 g/mol. The molecule has 0 saturated heterocycles. The molecule has 0 fully saturated rings. The van der Waals surface area contributed by atoms with Crippen LogP contribution in [-0.4, -0.2) is 21.5 Å². The largest absolute Gasteiger partial charge is 0.444 e. The fraction of sp³-hybridized carbons (Fsp3) is 0.200. The third-order valence-corrected chi connectivity index (χ3v) is 4.81. The molecule has 0 bridgehead atoms. The van der Waals surface area contributed by atoms with Crippen LogP contribution < -0.4 is 5.32 Å². The molecule has 1 heterocycles. The number of anilines is 1. The lowest BCUT2D eigenvalue weighted by Gasteiger charge is -2.19. The van der Waals surface area contributed by atoms with Crippen LogP contribution in [0, 0.1) is 5.82 Å². The van der Waals surface area contributed by atoms with E-state index < -0.39 is 17.5 Å². The Morgan fingerprint density at radius 3 is 2.55 bits per heavy atom. The molecule has 0 spiro atoms. The first kappa shape index (κ1) is 20.6. The molecule has 31 heavy (non-hydrogen) atoms. The van der Waals surface area contributed by atoms with Crippen molar-refractivity contribution < 1.29 is 13.9 Å². The van der Waals surface area contributed by atoms with Crippen molar-refractivity contribution in [1.82, 2.24) is 9.78 Å². The number of nitrogens with zero attached hydrogens (tertiary/aromatic N) is 2. The van der Waals surface area contributed by atoms with Crippen LogP contribution in [0.5, 0.6) is 0 Å². The molecule has 1 N–H and O–H groups in total. The second kappa shape index (κ2) is 7.87. The maximum Gasteiger partial charge on any atom is 0.412 e. The number of hydrogen-bond donors (Lipinski definition) is 1. The van der Waals surface area contributed by atoms with Gasteiger partial charge in [-0.2, -0.15) is 5.10 Å². The van der Waals surface area contributed by atoms with E-state index in [1.54, 1.807) is 38.6 Å². The van der Waals surface area contributed by atoms with Gasteiger partial charge in [0, 0.05) is 18.5 Å². The molecule has 3 aromatic carbocycles. The summed E-state index contributed by atoms with van der Waals surface area (Å²) in [6.45, 7) is 5.26. The number of ether oxygens (including phenoxy) is 1. The Balaban J connectivity index is 1.67. The molecule has 0 aliphatic heterocycles. The highest BCUT2D eigenvalue weighted by molar-refractivity contribution is 5.95. The van der Waals surface area contributed by atoms with Gasteiger partial charge >= 0.3 is 6.09 Å². The van der Waals surface area contributed by atoms with E-state index >= 15 is 0 Å². The molecular formula is C25H24FN3O2. The summed E-state index contributed by atoms with van der Waals surface area (Å²) in [5, 5.41) is 10.1. The minimum Gasteiger partial charge on any atom is -0.444 e. The number of aromatic nitrogens is 2. The van der Waals surface area contributed by atoms with E-state index in [0.717, 1.165) is 16.3 Å². The van der Waals surface area contributed by atoms with Gasteiger partial charge in [0.2, 0.25) is 0 Å². The van der Waals surface area contributed by atoms with Crippen molar-refractivity contribution in [2.75, 3.05) is 5.32 Å². The predicted molar refractivity (Wildman–Crippen MR) is 123 cm³/mol. The number of rotatable bonds is 3. The third kappa shape index (κ3) is 4.58. The van der Waals surface area contributed by atoms with Gasteiger partial charge in [-0.15, -0.1) is 0 Å². The number of fused-ring (bicyclic) bond motifs is 2. The second-order valence-electron chi connectivity index (χ2n) is 8.42. The summed E-state index contributed by atoms with van der Waals surface area (Å²) in [5.74, 6) is -0.550. The molecule has 0 radical (unpaired) electrons. The number of hydrogen-bond acceptors (Lipinski definition) is 3. The van der Waals surface area contributed by atoms with Gasteiger partial charge in [-0.1, -0.05) is 42.5 Å². The number of amides is 1. The van der Waals surface area contributed by atoms with Gasteiger partial charge in [-0.25, -0.2) is 9.18 Å². The normalized spacial score (nSPS) is 12.0. The van der Waals surface area contributed by atoms with E-state index in [4.69, 9.17) is 4.74 Å². The lowest BCUT2D eigenvalue weighted by Crippen LogP contribution is -2.27. The molecule has 0 atom stereocenters. The van der Waals surface area contributed by atoms with Crippen LogP contribution in [0.25, 0.3) is 33.8 Å². The number of halogens is 1. The average Bonchev–Trinajstić information content (AvgIpc) is 3.00. The summed E-state index contributed by atoms with van der Waals surface area (Å²) in [7, 11) is 1.76. The van der Waals surface area contributed by atoms with Crippen LogP contribution in [0.15, 0.2) is 54.6 Å². The standard InChI is InChI=1S/C25H24FN3O2/c1-25(2,3)31-24(30)27-22-14-19-21(28-29(4)23(19)15-20(22)26)12-10-16-9-11-17-7-5-6-8-18(17)13-16/h5-15H,1-4H3,(H,27,30)/b12-10+. The van der Waals surface area contributed by atoms with Gasteiger partial charge in [-0.3, -0.25) is 10.00 Å². The fourth-order valence-corrected chi connectivity index (χ4v) is 3.42. The minimum atomic E-state index is -0.706. The predicted octanol–water partition coefficient (Wildman–Crippen LogP) is 6.38. The zero-order chi connectivity index (χ0) is 22.2. The van der Waals surface area contributed by atoms with E-state index in [0.29, 0.717) is 11.2 Å². The molecule has 0 unspecified atom stereocenters. The molecule has 4 aromatic rings. The lowest BCUT2D eigenvalue weighted by molar-refractivity contribution is 0.0635. The summed E-state index contributed by atoms with van der Waals surface area (Å²) in [6, 6.07) is 17.3. The molecule has 1 aromatic heterocycles. The van der Waals surface area contributed by atoms with Crippen molar-refractivity contribution in [2.24, 2.45) is 7.05 Å². The Bertz CT molecular complexity index is 1320. The second-order valence-corrected chi connectivity index (χ2v) is 8.42. The number of carbonyl (C=O) groups is 1. The van der Waals surface area contributed by atoms with Crippen LogP contribution in [-0.2, 0) is 11.8 Å². The van der Waals surface area contributed by atoms with Gasteiger partial charge in [-0.05, 0) is 55.3 Å². The molecule has 5 nitrogen and oxygen atoms in total. The third-order valence-electron chi connectivity index (χ3n) is 4.81. The van der Waals surface area contributed by atoms with E-state index in [9.17, 15) is 9.18 Å². The highest BCUT2D eigenvalue weighted by Gasteiger charge is 2.19. The van der Waals surface area contributed by atoms with Crippen LogP contribution in [0.3, 0.4) is 0 Å². The topological polar surface area (TPSA) is 56.2 Å². The van der Waals surface area contributed by atoms with E-state index in [-0.39, 0.29) is 5.69 Å². The average molecular weight is 417 g/mol. The van der Waals surface area contributed by atoms with Crippen LogP contribution >= 0.6 is 0 Å². The molecule has 1 amide bonds. The summed E-state index contributed by atoms with van der Waals surface area (Å²) >= 11 is 0. The zero-order valence-electron chi connectivity index (χ0n) is 17.9. The van der Waals surface area contributed by atoms with Crippen molar-refractivity contribution >= 4 is 45.6 Å². The molecule has 6 heteroatoms. The van der Waals surface area contributed by atoms with Gasteiger partial charge in [0.15, 0.2) is 0 Å². The SMILES string of the molecule is Cn1nc(/C=C/c2ccc3ccccc3c2)c2cc(NC(=O)OC(C)(C)C)c(F)cc21. The fourth-order valence-electron chi connectivity index (χ4n) is 3.42. The van der Waals surface area contributed by atoms with Crippen LogP contribution in [0.1, 0.15) is 32.0 Å². The lowest BCUT2D eigenvalue weighted by atomic mass is 10.1. The van der Waals surface area contributed by atoms with E-state index in [1.165, 1.54) is 11.5 Å². The number of aryl methyl sites for hydroxylation is 1. The molecule has 0 aliphatic rings.